The van der Waals surface area contributed by atoms with Gasteiger partial charge in [0.15, 0.2) is 11.6 Å². The molecule has 1 aliphatic rings. The molecule has 4 aromatic carbocycles. The number of benzene rings is 4. The molecule has 222 valence electrons. The van der Waals surface area contributed by atoms with E-state index in [0.717, 1.165) is 5.56 Å². The van der Waals surface area contributed by atoms with Crippen molar-refractivity contribution in [3.8, 4) is 5.75 Å². The van der Waals surface area contributed by atoms with Gasteiger partial charge in [0.25, 0.3) is 5.91 Å². The van der Waals surface area contributed by atoms with Crippen LogP contribution in [-0.2, 0) is 22.5 Å². The van der Waals surface area contributed by atoms with Crippen molar-refractivity contribution in [2.45, 2.75) is 31.0 Å². The molecule has 1 aliphatic heterocycles. The Kier molecular flexibility index (Phi) is 9.94. The van der Waals surface area contributed by atoms with Crippen LogP contribution in [0.4, 0.5) is 4.39 Å². The Bertz CT molecular complexity index is 1590. The zero-order valence-electron chi connectivity index (χ0n) is 23.1. The van der Waals surface area contributed by atoms with Crippen LogP contribution in [0.2, 0.25) is 10.0 Å². The molecule has 1 amide bonds. The molecular formula is C33H30Cl2FN3O4. The van der Waals surface area contributed by atoms with Crippen molar-refractivity contribution in [1.82, 2.24) is 10.9 Å². The number of aliphatic imine (C=N–C) groups is 1. The number of aliphatic hydroxyl groups is 1. The average Bonchev–Trinajstić information content (AvgIpc) is 3.39. The van der Waals surface area contributed by atoms with Crippen molar-refractivity contribution in [3.05, 3.63) is 135 Å². The predicted molar refractivity (Wildman–Crippen MR) is 165 cm³/mol. The van der Waals surface area contributed by atoms with E-state index in [9.17, 15) is 9.18 Å². The van der Waals surface area contributed by atoms with Gasteiger partial charge in [0.05, 0.1) is 6.61 Å². The van der Waals surface area contributed by atoms with Crippen molar-refractivity contribution < 1.29 is 23.8 Å². The minimum Gasteiger partial charge on any atom is -0.494 e. The number of nitrogens with one attached hydrogen (secondary N) is 2. The summed E-state index contributed by atoms with van der Waals surface area (Å²) in [6, 6.07) is 28.0. The van der Waals surface area contributed by atoms with E-state index in [1.54, 1.807) is 60.7 Å². The number of rotatable bonds is 12. The van der Waals surface area contributed by atoms with Crippen LogP contribution in [0.5, 0.6) is 5.75 Å². The number of hydrogen-bond acceptors (Lipinski definition) is 6. The third-order valence-electron chi connectivity index (χ3n) is 7.03. The topological polar surface area (TPSA) is 92.2 Å². The van der Waals surface area contributed by atoms with Crippen LogP contribution in [0, 0.1) is 5.82 Å². The maximum Gasteiger partial charge on any atom is 0.266 e. The molecule has 0 fully saturated rings. The number of nitrogens with zero attached hydrogens (tertiary/aromatic N) is 1. The standard InChI is InChI=1S/C33H30Cl2FN3O4/c34-25-13-16-27(28(35)19-25)30-33(20-22-7-2-1-3-8-22,32(41)39-37-21-24-9-4-5-10-29(24)36)38-31(43-30)23-11-14-26(15-12-23)42-18-6-17-40/h1-5,7-16,19,30,37,40H,6,17-18,20-21H2,(H,39,41)/t30-,33-/m0/s1. The molecule has 2 atom stereocenters. The first-order chi connectivity index (χ1) is 20.9. The molecule has 1 heterocycles. The molecule has 0 saturated heterocycles. The Morgan fingerprint density at radius 3 is 2.47 bits per heavy atom. The maximum absolute atomic E-state index is 14.3. The highest BCUT2D eigenvalue weighted by Gasteiger charge is 2.54. The van der Waals surface area contributed by atoms with Gasteiger partial charge >= 0.3 is 0 Å². The Balaban J connectivity index is 1.53. The fourth-order valence-corrected chi connectivity index (χ4v) is 5.36. The summed E-state index contributed by atoms with van der Waals surface area (Å²) in [6.45, 7) is 0.476. The minimum atomic E-state index is -1.51. The largest absolute Gasteiger partial charge is 0.494 e. The number of halogens is 3. The minimum absolute atomic E-state index is 0.0398. The second-order valence-electron chi connectivity index (χ2n) is 10.0. The molecule has 43 heavy (non-hydrogen) atoms. The lowest BCUT2D eigenvalue weighted by Gasteiger charge is -2.31. The normalized spacial score (nSPS) is 17.7. The first-order valence-electron chi connectivity index (χ1n) is 13.8. The van der Waals surface area contributed by atoms with Gasteiger partial charge in [0.2, 0.25) is 5.90 Å². The Morgan fingerprint density at radius 2 is 1.74 bits per heavy atom. The third-order valence-corrected chi connectivity index (χ3v) is 7.59. The third kappa shape index (κ3) is 7.17. The maximum atomic E-state index is 14.3. The van der Waals surface area contributed by atoms with Crippen LogP contribution >= 0.6 is 23.2 Å². The second kappa shape index (κ2) is 14.0. The first kappa shape index (κ1) is 30.5. The van der Waals surface area contributed by atoms with Gasteiger partial charge in [0, 0.05) is 52.7 Å². The molecule has 0 spiro atoms. The molecule has 0 aliphatic carbocycles. The van der Waals surface area contributed by atoms with Gasteiger partial charge in [-0.3, -0.25) is 10.2 Å². The first-order valence-corrected chi connectivity index (χ1v) is 14.5. The van der Waals surface area contributed by atoms with E-state index in [1.807, 2.05) is 30.3 Å². The number of hydrogen-bond donors (Lipinski definition) is 3. The van der Waals surface area contributed by atoms with Crippen molar-refractivity contribution in [2.75, 3.05) is 13.2 Å². The summed E-state index contributed by atoms with van der Waals surface area (Å²) in [5.74, 6) is 0.00173. The lowest BCUT2D eigenvalue weighted by atomic mass is 9.82. The molecule has 0 bridgehead atoms. The van der Waals surface area contributed by atoms with Crippen LogP contribution in [0.15, 0.2) is 102 Å². The Labute approximate surface area is 259 Å². The zero-order valence-corrected chi connectivity index (χ0v) is 24.6. The van der Waals surface area contributed by atoms with E-state index in [2.05, 4.69) is 10.9 Å². The highest BCUT2D eigenvalue weighted by molar-refractivity contribution is 6.35. The summed E-state index contributed by atoms with van der Waals surface area (Å²) in [5, 5.41) is 9.79. The van der Waals surface area contributed by atoms with Crippen LogP contribution in [0.1, 0.15) is 34.8 Å². The fourth-order valence-electron chi connectivity index (χ4n) is 4.85. The quantitative estimate of drug-likeness (QED) is 0.129. The van der Waals surface area contributed by atoms with Gasteiger partial charge in [-0.2, -0.15) is 0 Å². The molecule has 7 nitrogen and oxygen atoms in total. The van der Waals surface area contributed by atoms with Gasteiger partial charge in [-0.25, -0.2) is 14.8 Å². The number of carbonyl (C=O) groups is 1. The van der Waals surface area contributed by atoms with Crippen molar-refractivity contribution >= 4 is 35.0 Å². The Morgan fingerprint density at radius 1 is 1.00 bits per heavy atom. The number of amides is 1. The van der Waals surface area contributed by atoms with E-state index < -0.39 is 17.6 Å². The Hall–Kier alpha value is -3.95. The lowest BCUT2D eigenvalue weighted by molar-refractivity contribution is -0.130. The molecule has 0 radical (unpaired) electrons. The van der Waals surface area contributed by atoms with E-state index in [1.165, 1.54) is 6.07 Å². The zero-order chi connectivity index (χ0) is 30.2. The number of carbonyl (C=O) groups excluding carboxylic acids is 1. The fraction of sp³-hybridized carbons (Fsp3) is 0.212. The van der Waals surface area contributed by atoms with E-state index in [0.29, 0.717) is 45.5 Å². The van der Waals surface area contributed by atoms with Gasteiger partial charge < -0.3 is 14.6 Å². The number of aliphatic hydroxyl groups excluding tert-OH is 1. The van der Waals surface area contributed by atoms with Crippen LogP contribution < -0.4 is 15.6 Å². The molecule has 3 N–H and O–H groups in total. The average molecular weight is 623 g/mol. The number of ether oxygens (including phenoxy) is 2. The summed E-state index contributed by atoms with van der Waals surface area (Å²) in [5.41, 5.74) is 6.51. The summed E-state index contributed by atoms with van der Waals surface area (Å²) < 4.78 is 26.4. The van der Waals surface area contributed by atoms with Crippen molar-refractivity contribution in [3.63, 3.8) is 0 Å². The van der Waals surface area contributed by atoms with Gasteiger partial charge in [-0.15, -0.1) is 0 Å². The molecule has 5 rings (SSSR count). The van der Waals surface area contributed by atoms with Crippen molar-refractivity contribution in [2.24, 2.45) is 4.99 Å². The molecule has 0 saturated carbocycles. The second-order valence-corrected chi connectivity index (χ2v) is 10.9. The van der Waals surface area contributed by atoms with Gasteiger partial charge in [-0.05, 0) is 48.0 Å². The summed E-state index contributed by atoms with van der Waals surface area (Å²) >= 11 is 12.9. The van der Waals surface area contributed by atoms with Crippen LogP contribution in [0.3, 0.4) is 0 Å². The molecular weight excluding hydrogens is 592 g/mol. The van der Waals surface area contributed by atoms with E-state index in [4.69, 9.17) is 42.8 Å². The monoisotopic (exact) mass is 621 g/mol. The molecule has 4 aromatic rings. The number of hydrazine groups is 1. The smallest absolute Gasteiger partial charge is 0.266 e. The van der Waals surface area contributed by atoms with Gasteiger partial charge in [-0.1, -0.05) is 77.8 Å². The van der Waals surface area contributed by atoms with E-state index in [-0.39, 0.29) is 31.3 Å². The van der Waals surface area contributed by atoms with Crippen LogP contribution in [0.25, 0.3) is 0 Å². The summed E-state index contributed by atoms with van der Waals surface area (Å²) in [6.07, 6.45) is -0.233. The molecule has 0 unspecified atom stereocenters. The van der Waals surface area contributed by atoms with Gasteiger partial charge in [0.1, 0.15) is 11.6 Å². The SMILES string of the molecule is O=C(NNCc1ccccc1F)[C@@]1(Cc2ccccc2)N=C(c2ccc(OCCCO)cc2)O[C@H]1c1ccc(Cl)cc1Cl. The summed E-state index contributed by atoms with van der Waals surface area (Å²) in [4.78, 5) is 19.2. The van der Waals surface area contributed by atoms with E-state index >= 15 is 0 Å². The van der Waals surface area contributed by atoms with Crippen LogP contribution in [-0.4, -0.2) is 35.7 Å². The molecule has 0 aromatic heterocycles. The molecule has 10 heteroatoms. The highest BCUT2D eigenvalue weighted by Crippen LogP contribution is 2.45. The lowest BCUT2D eigenvalue weighted by Crippen LogP contribution is -2.53. The summed E-state index contributed by atoms with van der Waals surface area (Å²) in [7, 11) is 0. The highest BCUT2D eigenvalue weighted by atomic mass is 35.5. The predicted octanol–water partition coefficient (Wildman–Crippen LogP) is 6.21. The van der Waals surface area contributed by atoms with Crippen molar-refractivity contribution in [1.29, 1.82) is 0 Å².